The molecule has 200 valence electrons. The molecule has 8 rings (SSSR count). The summed E-state index contributed by atoms with van der Waals surface area (Å²) in [5.74, 6) is 0. The zero-order valence-electron chi connectivity index (χ0n) is 22.7. The van der Waals surface area contributed by atoms with Gasteiger partial charge in [-0.15, -0.1) is 0 Å². The first kappa shape index (κ1) is 24.6. The van der Waals surface area contributed by atoms with Crippen LogP contribution in [0.5, 0.6) is 0 Å². The summed E-state index contributed by atoms with van der Waals surface area (Å²) in [5.41, 5.74) is 7.34. The van der Waals surface area contributed by atoms with E-state index in [1.54, 1.807) is 11.8 Å². The van der Waals surface area contributed by atoms with Crippen LogP contribution in [0, 0.1) is 0 Å². The fraction of sp³-hybridized carbons (Fsp3) is 0.0270. The molecule has 2 aliphatic rings. The van der Waals surface area contributed by atoms with Gasteiger partial charge in [0.25, 0.3) is 0 Å². The topological polar surface area (TPSA) is 31.2 Å². The van der Waals surface area contributed by atoms with Crippen LogP contribution in [0.15, 0.2) is 168 Å². The van der Waals surface area contributed by atoms with Gasteiger partial charge in [-0.05, 0) is 46.8 Å². The molecule has 6 aromatic rings. The second kappa shape index (κ2) is 10.1. The number of fused-ring (bicyclic) bond motifs is 3. The molecule has 0 unspecified atom stereocenters. The van der Waals surface area contributed by atoms with Gasteiger partial charge in [0.1, 0.15) is 5.04 Å². The molecule has 0 fully saturated rings. The maximum Gasteiger partial charge on any atom is 0.234 e. The van der Waals surface area contributed by atoms with Crippen molar-refractivity contribution in [1.29, 1.82) is 0 Å². The fourth-order valence-corrected chi connectivity index (χ4v) is 7.30. The molecule has 2 aliphatic heterocycles. The van der Waals surface area contributed by atoms with Crippen molar-refractivity contribution in [2.24, 2.45) is 10.2 Å². The van der Waals surface area contributed by atoms with Gasteiger partial charge in [0.05, 0.1) is 17.1 Å². The van der Waals surface area contributed by atoms with Crippen molar-refractivity contribution in [2.75, 3.05) is 10.0 Å². The molecule has 0 aliphatic carbocycles. The third kappa shape index (κ3) is 3.85. The van der Waals surface area contributed by atoms with Crippen molar-refractivity contribution in [1.82, 2.24) is 0 Å². The summed E-state index contributed by atoms with van der Waals surface area (Å²) >= 11 is 1.73. The Labute approximate surface area is 249 Å². The Morgan fingerprint density at radius 2 is 1.02 bits per heavy atom. The van der Waals surface area contributed by atoms with E-state index in [1.807, 2.05) is 18.2 Å². The van der Waals surface area contributed by atoms with E-state index in [1.165, 1.54) is 10.8 Å². The zero-order valence-corrected chi connectivity index (χ0v) is 23.5. The van der Waals surface area contributed by atoms with E-state index in [2.05, 4.69) is 150 Å². The Morgan fingerprint density at radius 1 is 0.476 bits per heavy atom. The molecule has 42 heavy (non-hydrogen) atoms. The van der Waals surface area contributed by atoms with Crippen LogP contribution >= 0.6 is 11.8 Å². The second-order valence-electron chi connectivity index (χ2n) is 10.3. The van der Waals surface area contributed by atoms with Crippen LogP contribution < -0.4 is 10.0 Å². The Bertz CT molecular complexity index is 1970. The lowest BCUT2D eigenvalue weighted by molar-refractivity contribution is 0.550. The fourth-order valence-electron chi connectivity index (χ4n) is 5.90. The molecule has 0 amide bonds. The maximum atomic E-state index is 5.57. The first-order chi connectivity index (χ1) is 20.8. The maximum absolute atomic E-state index is 5.57. The number of hydrogen-bond donors (Lipinski definition) is 0. The van der Waals surface area contributed by atoms with E-state index in [4.69, 9.17) is 10.2 Å². The van der Waals surface area contributed by atoms with Gasteiger partial charge in [-0.3, -0.25) is 0 Å². The lowest BCUT2D eigenvalue weighted by atomic mass is 9.91. The van der Waals surface area contributed by atoms with E-state index in [-0.39, 0.29) is 0 Å². The highest BCUT2D eigenvalue weighted by Crippen LogP contribution is 2.55. The lowest BCUT2D eigenvalue weighted by Crippen LogP contribution is -2.54. The van der Waals surface area contributed by atoms with Crippen LogP contribution in [-0.2, 0) is 4.99 Å². The van der Waals surface area contributed by atoms with Gasteiger partial charge < -0.3 is 0 Å². The second-order valence-corrected chi connectivity index (χ2v) is 11.5. The Balaban J connectivity index is 1.43. The predicted octanol–water partition coefficient (Wildman–Crippen LogP) is 8.84. The molecular formula is C37H26N4S. The van der Waals surface area contributed by atoms with Gasteiger partial charge in [-0.2, -0.15) is 10.2 Å². The number of rotatable bonds is 4. The van der Waals surface area contributed by atoms with E-state index >= 15 is 0 Å². The minimum absolute atomic E-state index is 0.807. The lowest BCUT2D eigenvalue weighted by Gasteiger charge is -2.47. The van der Waals surface area contributed by atoms with E-state index in [0.717, 1.165) is 44.4 Å². The molecule has 0 saturated carbocycles. The third-order valence-electron chi connectivity index (χ3n) is 7.80. The molecule has 6 aromatic carbocycles. The number of para-hydroxylation sites is 2. The molecule has 2 heterocycles. The molecule has 4 nitrogen and oxygen atoms in total. The van der Waals surface area contributed by atoms with Crippen LogP contribution in [-0.4, -0.2) is 10.8 Å². The molecule has 0 bridgehead atoms. The van der Waals surface area contributed by atoms with Crippen LogP contribution in [0.3, 0.4) is 0 Å². The molecular weight excluding hydrogens is 533 g/mol. The quantitative estimate of drug-likeness (QED) is 0.217. The van der Waals surface area contributed by atoms with Crippen molar-refractivity contribution >= 4 is 44.7 Å². The molecule has 0 aromatic heterocycles. The normalized spacial score (nSPS) is 17.7. The first-order valence-electron chi connectivity index (χ1n) is 14.0. The molecule has 1 atom stereocenters. The number of nitrogens with zero attached hydrogens (tertiary/aromatic N) is 4. The van der Waals surface area contributed by atoms with E-state index < -0.39 is 4.99 Å². The summed E-state index contributed by atoms with van der Waals surface area (Å²) in [6.45, 7) is 0. The summed E-state index contributed by atoms with van der Waals surface area (Å²) < 4.78 is 0. The SMILES string of the molecule is c1ccc(C2=NN(c3ccccc3)[C@@]3(S2)c2ccccc2C(c2cccc4ccccc24)=NN3c2ccccc2)cc1. The molecule has 5 heteroatoms. The van der Waals surface area contributed by atoms with Crippen molar-refractivity contribution in [3.63, 3.8) is 0 Å². The Hall–Kier alpha value is -5.13. The number of hydrogen-bond acceptors (Lipinski definition) is 5. The van der Waals surface area contributed by atoms with Crippen molar-refractivity contribution in [3.8, 4) is 0 Å². The van der Waals surface area contributed by atoms with Crippen molar-refractivity contribution < 1.29 is 0 Å². The van der Waals surface area contributed by atoms with Crippen LogP contribution in [0.25, 0.3) is 10.8 Å². The number of anilines is 2. The minimum Gasteiger partial charge on any atom is -0.223 e. The van der Waals surface area contributed by atoms with Gasteiger partial charge in [-0.1, -0.05) is 133 Å². The highest BCUT2D eigenvalue weighted by atomic mass is 32.2. The van der Waals surface area contributed by atoms with Gasteiger partial charge in [0, 0.05) is 22.3 Å². The predicted molar refractivity (Wildman–Crippen MR) is 176 cm³/mol. The summed E-state index contributed by atoms with van der Waals surface area (Å²) in [6, 6.07) is 55.0. The number of hydrazone groups is 2. The van der Waals surface area contributed by atoms with Crippen LogP contribution in [0.2, 0.25) is 0 Å². The van der Waals surface area contributed by atoms with Gasteiger partial charge >= 0.3 is 0 Å². The third-order valence-corrected chi connectivity index (χ3v) is 9.17. The summed E-state index contributed by atoms with van der Waals surface area (Å²) in [7, 11) is 0. The molecule has 0 radical (unpaired) electrons. The number of thioether (sulfide) groups is 1. The molecule has 0 N–H and O–H groups in total. The van der Waals surface area contributed by atoms with Crippen LogP contribution in [0.1, 0.15) is 22.3 Å². The molecule has 0 saturated heterocycles. The zero-order chi connectivity index (χ0) is 27.9. The first-order valence-corrected chi connectivity index (χ1v) is 14.8. The highest BCUT2D eigenvalue weighted by molar-refractivity contribution is 8.15. The van der Waals surface area contributed by atoms with Gasteiger partial charge in [0.15, 0.2) is 0 Å². The molecule has 1 spiro atoms. The van der Waals surface area contributed by atoms with E-state index in [0.29, 0.717) is 0 Å². The summed E-state index contributed by atoms with van der Waals surface area (Å²) in [5, 5.41) is 18.5. The summed E-state index contributed by atoms with van der Waals surface area (Å²) in [4.78, 5) is -0.807. The van der Waals surface area contributed by atoms with E-state index in [9.17, 15) is 0 Å². The van der Waals surface area contributed by atoms with Crippen molar-refractivity contribution in [3.05, 3.63) is 180 Å². The van der Waals surface area contributed by atoms with Gasteiger partial charge in [-0.25, -0.2) is 10.0 Å². The highest BCUT2D eigenvalue weighted by Gasteiger charge is 2.55. The summed E-state index contributed by atoms with van der Waals surface area (Å²) in [6.07, 6.45) is 0. The van der Waals surface area contributed by atoms with Crippen LogP contribution in [0.4, 0.5) is 11.4 Å². The Morgan fingerprint density at radius 3 is 1.76 bits per heavy atom. The largest absolute Gasteiger partial charge is 0.234 e. The smallest absolute Gasteiger partial charge is 0.223 e. The average molecular weight is 559 g/mol. The average Bonchev–Trinajstić information content (AvgIpc) is 3.47. The van der Waals surface area contributed by atoms with Crippen molar-refractivity contribution in [2.45, 2.75) is 4.99 Å². The number of benzene rings is 6. The Kier molecular flexibility index (Phi) is 5.90. The minimum atomic E-state index is -0.807. The standard InChI is InChI=1S/C37H26N4S/c1-4-16-28(17-5-1)36-39-41(30-21-8-3-9-22-30)37(42-36)34-26-13-12-24-33(34)35(38-40(37)29-19-6-2-7-20-29)32-25-14-18-27-15-10-11-23-31(27)32/h1-26H/t37-/m1/s1. The van der Waals surface area contributed by atoms with Gasteiger partial charge in [0.2, 0.25) is 4.99 Å². The monoisotopic (exact) mass is 558 g/mol.